The molecule has 0 bridgehead atoms. The third-order valence-corrected chi connectivity index (χ3v) is 8.72. The van der Waals surface area contributed by atoms with E-state index in [4.69, 9.17) is 4.98 Å². The first kappa shape index (κ1) is 26.7. The van der Waals surface area contributed by atoms with E-state index in [1.165, 1.54) is 60.6 Å². The highest BCUT2D eigenvalue weighted by atomic mass is 15.2. The number of fused-ring (bicyclic) bond motifs is 4. The van der Waals surface area contributed by atoms with Crippen LogP contribution in [-0.2, 0) is 5.41 Å². The van der Waals surface area contributed by atoms with Gasteiger partial charge in [0, 0.05) is 29.4 Å². The topological polar surface area (TPSA) is 16.1 Å². The second-order valence-corrected chi connectivity index (χ2v) is 11.7. The monoisotopic (exact) mass is 554 g/mol. The molecule has 0 fully saturated rings. The Labute approximate surface area is 254 Å². The van der Waals surface area contributed by atoms with Crippen molar-refractivity contribution in [1.82, 2.24) is 4.98 Å². The van der Waals surface area contributed by atoms with Gasteiger partial charge in [0.25, 0.3) is 0 Å². The van der Waals surface area contributed by atoms with E-state index < -0.39 is 0 Å². The quantitative estimate of drug-likeness (QED) is 0.190. The highest BCUT2D eigenvalue weighted by molar-refractivity contribution is 5.98. The van der Waals surface area contributed by atoms with Crippen molar-refractivity contribution in [2.24, 2.45) is 0 Å². The maximum Gasteiger partial charge on any atom is 0.137 e. The molecule has 1 aliphatic rings. The van der Waals surface area contributed by atoms with E-state index in [-0.39, 0.29) is 5.41 Å². The molecule has 0 amide bonds. The largest absolute Gasteiger partial charge is 0.322 e. The maximum absolute atomic E-state index is 5.04. The molecule has 0 saturated heterocycles. The summed E-state index contributed by atoms with van der Waals surface area (Å²) < 4.78 is 0. The first-order valence-electron chi connectivity index (χ1n) is 14.9. The van der Waals surface area contributed by atoms with E-state index in [1.54, 1.807) is 6.08 Å². The van der Waals surface area contributed by atoms with E-state index in [0.717, 1.165) is 5.82 Å². The first-order valence-corrected chi connectivity index (χ1v) is 14.9. The molecule has 0 aliphatic carbocycles. The molecule has 5 aromatic carbocycles. The van der Waals surface area contributed by atoms with Crippen molar-refractivity contribution in [3.63, 3.8) is 0 Å². The standard InChI is InChI=1S/C41H34N2/c1-4-5-6-7-12-26-43-38-23-22-33(35-19-13-17-30-15-10-11-18-34(30)35)28-37(38)41(2,3)39-36(24-25-42-40(39)43)32-21-20-29-14-8-9-16-31(29)27-32/h4-25,27-28H,1,26H2,2-3H3/b6-5-,12-7-. The molecule has 0 radical (unpaired) electrons. The predicted octanol–water partition coefficient (Wildman–Crippen LogP) is 10.8. The lowest BCUT2D eigenvalue weighted by Crippen LogP contribution is -2.34. The number of benzene rings is 5. The Morgan fingerprint density at radius 1 is 0.698 bits per heavy atom. The van der Waals surface area contributed by atoms with Crippen LogP contribution in [0.4, 0.5) is 11.5 Å². The fourth-order valence-corrected chi connectivity index (χ4v) is 6.61. The fraction of sp³-hybridized carbons (Fsp3) is 0.0976. The second kappa shape index (κ2) is 10.9. The molecular weight excluding hydrogens is 520 g/mol. The zero-order valence-electron chi connectivity index (χ0n) is 24.7. The van der Waals surface area contributed by atoms with Gasteiger partial charge in [-0.15, -0.1) is 0 Å². The fourth-order valence-electron chi connectivity index (χ4n) is 6.61. The molecule has 2 nitrogen and oxygen atoms in total. The van der Waals surface area contributed by atoms with Crippen molar-refractivity contribution in [2.45, 2.75) is 19.3 Å². The number of hydrogen-bond donors (Lipinski definition) is 0. The minimum atomic E-state index is -0.288. The second-order valence-electron chi connectivity index (χ2n) is 11.7. The number of pyridine rings is 1. The van der Waals surface area contributed by atoms with Crippen molar-refractivity contribution >= 4 is 33.1 Å². The Bertz CT molecular complexity index is 2060. The summed E-state index contributed by atoms with van der Waals surface area (Å²) in [7, 11) is 0. The van der Waals surface area contributed by atoms with Gasteiger partial charge >= 0.3 is 0 Å². The van der Waals surface area contributed by atoms with Crippen LogP contribution >= 0.6 is 0 Å². The molecule has 43 heavy (non-hydrogen) atoms. The zero-order valence-corrected chi connectivity index (χ0v) is 24.7. The summed E-state index contributed by atoms with van der Waals surface area (Å²) in [5.74, 6) is 1.01. The molecule has 208 valence electrons. The molecule has 1 aromatic heterocycles. The van der Waals surface area contributed by atoms with Crippen molar-refractivity contribution in [1.29, 1.82) is 0 Å². The predicted molar refractivity (Wildman–Crippen MR) is 184 cm³/mol. The van der Waals surface area contributed by atoms with E-state index in [1.807, 2.05) is 18.3 Å². The number of anilines is 2. The van der Waals surface area contributed by atoms with Crippen LogP contribution in [0.5, 0.6) is 0 Å². The molecular formula is C41H34N2. The molecule has 2 heterocycles. The van der Waals surface area contributed by atoms with E-state index in [2.05, 4.69) is 147 Å². The summed E-state index contributed by atoms with van der Waals surface area (Å²) in [6.45, 7) is 9.20. The van der Waals surface area contributed by atoms with Gasteiger partial charge in [-0.25, -0.2) is 4.98 Å². The van der Waals surface area contributed by atoms with Gasteiger partial charge in [-0.3, -0.25) is 0 Å². The van der Waals surface area contributed by atoms with E-state index in [9.17, 15) is 0 Å². The smallest absolute Gasteiger partial charge is 0.137 e. The third kappa shape index (κ3) is 4.66. The Morgan fingerprint density at radius 3 is 2.30 bits per heavy atom. The van der Waals surface area contributed by atoms with Crippen molar-refractivity contribution in [3.05, 3.63) is 163 Å². The van der Waals surface area contributed by atoms with Crippen LogP contribution in [-0.4, -0.2) is 11.5 Å². The lowest BCUT2D eigenvalue weighted by Gasteiger charge is -2.42. The van der Waals surface area contributed by atoms with Crippen LogP contribution in [0.2, 0.25) is 0 Å². The number of hydrogen-bond acceptors (Lipinski definition) is 2. The van der Waals surface area contributed by atoms with Crippen LogP contribution in [0, 0.1) is 0 Å². The summed E-state index contributed by atoms with van der Waals surface area (Å²) in [4.78, 5) is 7.40. The van der Waals surface area contributed by atoms with Gasteiger partial charge < -0.3 is 4.90 Å². The van der Waals surface area contributed by atoms with Gasteiger partial charge in [0.1, 0.15) is 5.82 Å². The molecule has 0 saturated carbocycles. The van der Waals surface area contributed by atoms with Gasteiger partial charge in [0.15, 0.2) is 0 Å². The molecule has 0 atom stereocenters. The minimum absolute atomic E-state index is 0.288. The molecule has 6 aromatic rings. The summed E-state index contributed by atoms with van der Waals surface area (Å²) in [6.07, 6.45) is 12.0. The van der Waals surface area contributed by atoms with E-state index >= 15 is 0 Å². The molecule has 0 N–H and O–H groups in total. The molecule has 7 rings (SSSR count). The van der Waals surface area contributed by atoms with Crippen LogP contribution < -0.4 is 4.90 Å². The Hall–Kier alpha value is -5.21. The average Bonchev–Trinajstić information content (AvgIpc) is 3.05. The maximum atomic E-state index is 5.04. The van der Waals surface area contributed by atoms with Gasteiger partial charge in [-0.1, -0.05) is 136 Å². The molecule has 0 unspecified atom stereocenters. The van der Waals surface area contributed by atoms with Crippen LogP contribution in [0.15, 0.2) is 152 Å². The number of nitrogens with zero attached hydrogens (tertiary/aromatic N) is 2. The Balaban J connectivity index is 1.44. The van der Waals surface area contributed by atoms with Crippen LogP contribution in [0.1, 0.15) is 25.0 Å². The van der Waals surface area contributed by atoms with Crippen molar-refractivity contribution in [2.75, 3.05) is 11.4 Å². The summed E-state index contributed by atoms with van der Waals surface area (Å²) >= 11 is 0. The third-order valence-electron chi connectivity index (χ3n) is 8.72. The zero-order chi connectivity index (χ0) is 29.4. The Morgan fingerprint density at radius 2 is 1.44 bits per heavy atom. The SMILES string of the molecule is C=C/C=C\C=C/CN1c2ccc(-c3cccc4ccccc34)cc2C(C)(C)c2c(-c3ccc4ccccc4c3)ccnc21. The lowest BCUT2D eigenvalue weighted by molar-refractivity contribution is 0.624. The normalized spacial score (nSPS) is 14.0. The van der Waals surface area contributed by atoms with Crippen molar-refractivity contribution < 1.29 is 0 Å². The number of rotatable bonds is 6. The summed E-state index contributed by atoms with van der Waals surface area (Å²) in [5.41, 5.74) is 8.38. The average molecular weight is 555 g/mol. The molecule has 0 spiro atoms. The highest BCUT2D eigenvalue weighted by Crippen LogP contribution is 2.52. The number of allylic oxidation sites excluding steroid dienone is 4. The first-order chi connectivity index (χ1) is 21.1. The number of aromatic nitrogens is 1. The van der Waals surface area contributed by atoms with Crippen molar-refractivity contribution in [3.8, 4) is 22.3 Å². The van der Waals surface area contributed by atoms with Gasteiger partial charge in [0.2, 0.25) is 0 Å². The van der Waals surface area contributed by atoms with Gasteiger partial charge in [-0.2, -0.15) is 0 Å². The van der Waals surface area contributed by atoms with Crippen LogP contribution in [0.25, 0.3) is 43.8 Å². The summed E-state index contributed by atoms with van der Waals surface area (Å²) in [5, 5.41) is 5.01. The van der Waals surface area contributed by atoms with Gasteiger partial charge in [0.05, 0.1) is 0 Å². The Kier molecular flexibility index (Phi) is 6.75. The highest BCUT2D eigenvalue weighted by Gasteiger charge is 2.39. The summed E-state index contributed by atoms with van der Waals surface area (Å²) in [6, 6.07) is 39.7. The lowest BCUT2D eigenvalue weighted by atomic mass is 9.71. The van der Waals surface area contributed by atoms with Gasteiger partial charge in [-0.05, 0) is 73.6 Å². The minimum Gasteiger partial charge on any atom is -0.322 e. The van der Waals surface area contributed by atoms with E-state index in [0.29, 0.717) is 6.54 Å². The molecule has 2 heteroatoms. The van der Waals surface area contributed by atoms with Crippen LogP contribution in [0.3, 0.4) is 0 Å². The molecule has 1 aliphatic heterocycles.